The van der Waals surface area contributed by atoms with Crippen molar-refractivity contribution in [3.8, 4) is 0 Å². The van der Waals surface area contributed by atoms with Crippen molar-refractivity contribution in [2.45, 2.75) is 24.3 Å². The number of hydrogen-bond donors (Lipinski definition) is 2. The van der Waals surface area contributed by atoms with Gasteiger partial charge in [-0.3, -0.25) is 0 Å². The molecular weight excluding hydrogens is 333 g/mol. The zero-order valence-corrected chi connectivity index (χ0v) is 14.4. The summed E-state index contributed by atoms with van der Waals surface area (Å²) in [7, 11) is 0. The predicted molar refractivity (Wildman–Crippen MR) is 94.7 cm³/mol. The SMILES string of the molecule is Cc1cc2[nH]c(C(C)(O)CSc3ccc(F)cc3)cc2cc1Cl. The van der Waals surface area contributed by atoms with Gasteiger partial charge >= 0.3 is 0 Å². The van der Waals surface area contributed by atoms with E-state index >= 15 is 0 Å². The molecule has 0 aliphatic heterocycles. The van der Waals surface area contributed by atoms with E-state index in [9.17, 15) is 9.50 Å². The molecule has 23 heavy (non-hydrogen) atoms. The average Bonchev–Trinajstić information content (AvgIpc) is 2.91. The molecule has 0 spiro atoms. The first kappa shape index (κ1) is 16.4. The second-order valence-corrected chi connectivity index (χ2v) is 7.34. The number of H-pyrrole nitrogens is 1. The Morgan fingerprint density at radius 1 is 1.22 bits per heavy atom. The summed E-state index contributed by atoms with van der Waals surface area (Å²) >= 11 is 7.64. The number of rotatable bonds is 4. The third kappa shape index (κ3) is 3.55. The highest BCUT2D eigenvalue weighted by molar-refractivity contribution is 7.99. The molecular formula is C18H17ClFNOS. The van der Waals surface area contributed by atoms with Crippen molar-refractivity contribution in [2.75, 3.05) is 5.75 Å². The van der Waals surface area contributed by atoms with Gasteiger partial charge < -0.3 is 10.1 Å². The Bertz CT molecular complexity index is 803. The first-order valence-corrected chi connectivity index (χ1v) is 8.61. The summed E-state index contributed by atoms with van der Waals surface area (Å²) in [6, 6.07) is 12.1. The summed E-state index contributed by atoms with van der Waals surface area (Å²) < 4.78 is 12.9. The van der Waals surface area contributed by atoms with E-state index in [4.69, 9.17) is 11.6 Å². The number of fused-ring (bicyclic) bond motifs is 1. The van der Waals surface area contributed by atoms with Crippen LogP contribution in [0.1, 0.15) is 18.2 Å². The van der Waals surface area contributed by atoms with Gasteiger partial charge in [-0.1, -0.05) is 11.6 Å². The molecule has 120 valence electrons. The van der Waals surface area contributed by atoms with Gasteiger partial charge in [-0.25, -0.2) is 4.39 Å². The van der Waals surface area contributed by atoms with E-state index in [-0.39, 0.29) is 5.82 Å². The van der Waals surface area contributed by atoms with Crippen molar-refractivity contribution >= 4 is 34.3 Å². The van der Waals surface area contributed by atoms with Gasteiger partial charge in [0.1, 0.15) is 11.4 Å². The smallest absolute Gasteiger partial charge is 0.123 e. The van der Waals surface area contributed by atoms with E-state index in [0.717, 1.165) is 27.1 Å². The van der Waals surface area contributed by atoms with Crippen LogP contribution in [0.4, 0.5) is 4.39 Å². The average molecular weight is 350 g/mol. The molecule has 0 bridgehead atoms. The second kappa shape index (κ2) is 6.19. The van der Waals surface area contributed by atoms with Crippen molar-refractivity contribution in [3.63, 3.8) is 0 Å². The number of aromatic nitrogens is 1. The zero-order valence-electron chi connectivity index (χ0n) is 12.9. The Morgan fingerprint density at radius 2 is 1.91 bits per heavy atom. The fraction of sp³-hybridized carbons (Fsp3) is 0.222. The van der Waals surface area contributed by atoms with Gasteiger partial charge in [-0.2, -0.15) is 0 Å². The molecule has 0 saturated carbocycles. The molecule has 1 aromatic heterocycles. The van der Waals surface area contributed by atoms with Crippen molar-refractivity contribution in [1.82, 2.24) is 4.98 Å². The van der Waals surface area contributed by atoms with E-state index in [0.29, 0.717) is 10.8 Å². The van der Waals surface area contributed by atoms with Gasteiger partial charge in [0.25, 0.3) is 0 Å². The number of aromatic amines is 1. The summed E-state index contributed by atoms with van der Waals surface area (Å²) in [6.07, 6.45) is 0. The summed E-state index contributed by atoms with van der Waals surface area (Å²) in [6.45, 7) is 3.72. The molecule has 3 aromatic rings. The highest BCUT2D eigenvalue weighted by Crippen LogP contribution is 2.32. The molecule has 1 heterocycles. The van der Waals surface area contributed by atoms with E-state index in [1.54, 1.807) is 19.1 Å². The van der Waals surface area contributed by atoms with Gasteiger partial charge in [0, 0.05) is 32.3 Å². The summed E-state index contributed by atoms with van der Waals surface area (Å²) in [5.74, 6) is 0.196. The van der Waals surface area contributed by atoms with Crippen LogP contribution >= 0.6 is 23.4 Å². The molecule has 0 fully saturated rings. The van der Waals surface area contributed by atoms with Gasteiger partial charge in [0.15, 0.2) is 0 Å². The lowest BCUT2D eigenvalue weighted by Gasteiger charge is -2.21. The van der Waals surface area contributed by atoms with E-state index < -0.39 is 5.60 Å². The summed E-state index contributed by atoms with van der Waals surface area (Å²) in [5.41, 5.74) is 1.66. The Balaban J connectivity index is 1.82. The fourth-order valence-electron chi connectivity index (χ4n) is 2.38. The second-order valence-electron chi connectivity index (χ2n) is 5.89. The molecule has 1 atom stereocenters. The van der Waals surface area contributed by atoms with E-state index in [1.807, 2.05) is 25.1 Å². The maximum atomic E-state index is 12.9. The lowest BCUT2D eigenvalue weighted by molar-refractivity contribution is 0.0800. The van der Waals surface area contributed by atoms with Crippen LogP contribution in [0.2, 0.25) is 5.02 Å². The summed E-state index contributed by atoms with van der Waals surface area (Å²) in [5, 5.41) is 12.5. The number of halogens is 2. The fourth-order valence-corrected chi connectivity index (χ4v) is 3.49. The molecule has 2 aromatic carbocycles. The minimum atomic E-state index is -1.03. The van der Waals surface area contributed by atoms with Gasteiger partial charge in [0.05, 0.1) is 0 Å². The molecule has 2 nitrogen and oxygen atoms in total. The van der Waals surface area contributed by atoms with Crippen molar-refractivity contribution in [2.24, 2.45) is 0 Å². The number of nitrogens with one attached hydrogen (secondary N) is 1. The van der Waals surface area contributed by atoms with Crippen LogP contribution < -0.4 is 0 Å². The van der Waals surface area contributed by atoms with Crippen molar-refractivity contribution in [1.29, 1.82) is 0 Å². The van der Waals surface area contributed by atoms with Crippen LogP contribution in [-0.2, 0) is 5.60 Å². The zero-order chi connectivity index (χ0) is 16.6. The van der Waals surface area contributed by atoms with Crippen LogP contribution in [-0.4, -0.2) is 15.8 Å². The largest absolute Gasteiger partial charge is 0.383 e. The molecule has 0 amide bonds. The van der Waals surface area contributed by atoms with Crippen LogP contribution in [0, 0.1) is 12.7 Å². The van der Waals surface area contributed by atoms with Crippen LogP contribution in [0.5, 0.6) is 0 Å². The standard InChI is InChI=1S/C18H17ClFNOS/c1-11-7-16-12(8-15(11)19)9-17(21-16)18(2,22)10-23-14-5-3-13(20)4-6-14/h3-9,21-22H,10H2,1-2H3. The minimum absolute atomic E-state index is 0.260. The normalized spacial score (nSPS) is 14.1. The quantitative estimate of drug-likeness (QED) is 0.629. The number of aliphatic hydroxyl groups is 1. The summed E-state index contributed by atoms with van der Waals surface area (Å²) in [4.78, 5) is 4.19. The highest BCUT2D eigenvalue weighted by Gasteiger charge is 2.25. The maximum Gasteiger partial charge on any atom is 0.123 e. The maximum absolute atomic E-state index is 12.9. The number of aryl methyl sites for hydroxylation is 1. The third-order valence-electron chi connectivity index (χ3n) is 3.81. The minimum Gasteiger partial charge on any atom is -0.383 e. The molecule has 2 N–H and O–H groups in total. The Kier molecular flexibility index (Phi) is 4.41. The van der Waals surface area contributed by atoms with Crippen LogP contribution in [0.3, 0.4) is 0 Å². The number of benzene rings is 2. The topological polar surface area (TPSA) is 36.0 Å². The molecule has 0 aliphatic rings. The molecule has 3 rings (SSSR count). The first-order chi connectivity index (χ1) is 10.8. The first-order valence-electron chi connectivity index (χ1n) is 7.25. The van der Waals surface area contributed by atoms with E-state index in [2.05, 4.69) is 4.98 Å². The lowest BCUT2D eigenvalue weighted by Crippen LogP contribution is -2.24. The number of hydrogen-bond acceptors (Lipinski definition) is 2. The Labute approximate surface area is 143 Å². The number of thioether (sulfide) groups is 1. The van der Waals surface area contributed by atoms with Gasteiger partial charge in [0.2, 0.25) is 0 Å². The molecule has 0 radical (unpaired) electrons. The lowest BCUT2D eigenvalue weighted by atomic mass is 10.1. The monoisotopic (exact) mass is 349 g/mol. The third-order valence-corrected chi connectivity index (χ3v) is 5.53. The van der Waals surface area contributed by atoms with Gasteiger partial charge in [-0.15, -0.1) is 11.8 Å². The van der Waals surface area contributed by atoms with Crippen molar-refractivity contribution < 1.29 is 9.50 Å². The highest BCUT2D eigenvalue weighted by atomic mass is 35.5. The van der Waals surface area contributed by atoms with E-state index in [1.165, 1.54) is 23.9 Å². The van der Waals surface area contributed by atoms with Crippen LogP contribution in [0.15, 0.2) is 47.4 Å². The van der Waals surface area contributed by atoms with Crippen molar-refractivity contribution in [3.05, 3.63) is 64.6 Å². The van der Waals surface area contributed by atoms with Crippen LogP contribution in [0.25, 0.3) is 10.9 Å². The molecule has 5 heteroatoms. The molecule has 0 saturated heterocycles. The molecule has 0 aliphatic carbocycles. The Hall–Kier alpha value is -1.49. The van der Waals surface area contributed by atoms with Gasteiger partial charge in [-0.05, 0) is 61.9 Å². The Morgan fingerprint density at radius 3 is 2.61 bits per heavy atom. The molecule has 1 unspecified atom stereocenters. The predicted octanol–water partition coefficient (Wildman–Crippen LogP) is 5.27.